The number of benzene rings is 3. The van der Waals surface area contributed by atoms with Crippen LogP contribution >= 0.6 is 0 Å². The van der Waals surface area contributed by atoms with Crippen molar-refractivity contribution in [2.75, 3.05) is 19.6 Å². The molecule has 1 amide bonds. The van der Waals surface area contributed by atoms with Crippen molar-refractivity contribution in [3.8, 4) is 0 Å². The lowest BCUT2D eigenvalue weighted by atomic mass is 9.88. The topological polar surface area (TPSA) is 32.3 Å². The molecule has 2 unspecified atom stereocenters. The van der Waals surface area contributed by atoms with Crippen molar-refractivity contribution < 1.29 is 4.79 Å². The van der Waals surface area contributed by atoms with Crippen LogP contribution in [0.4, 0.5) is 0 Å². The molecule has 0 aliphatic carbocycles. The minimum atomic E-state index is -0.347. The Morgan fingerprint density at radius 1 is 0.968 bits per heavy atom. The standard InChI is InChI=1S/C28H34N2O/c1-20(24-16-10-14-21-13-8-9-15-25(21)24)29-17-23-18-30(27(31)28(2,3)4)19-26(23)22-11-6-5-7-12-22/h5-16,20,23,26,29H,17-19H2,1-4H3/t20-,23?,26?/m1/s1. The van der Waals surface area contributed by atoms with Gasteiger partial charge in [0.15, 0.2) is 0 Å². The minimum Gasteiger partial charge on any atom is -0.341 e. The Labute approximate surface area is 186 Å². The Bertz CT molecular complexity index is 1030. The summed E-state index contributed by atoms with van der Waals surface area (Å²) >= 11 is 0. The van der Waals surface area contributed by atoms with Gasteiger partial charge in [-0.15, -0.1) is 0 Å². The highest BCUT2D eigenvalue weighted by Gasteiger charge is 2.39. The Kier molecular flexibility index (Phi) is 6.15. The number of hydrogen-bond acceptors (Lipinski definition) is 2. The molecule has 31 heavy (non-hydrogen) atoms. The van der Waals surface area contributed by atoms with E-state index in [1.807, 2.05) is 20.8 Å². The Hall–Kier alpha value is -2.65. The van der Waals surface area contributed by atoms with E-state index in [9.17, 15) is 4.79 Å². The lowest BCUT2D eigenvalue weighted by Gasteiger charge is -2.26. The smallest absolute Gasteiger partial charge is 0.227 e. The molecule has 3 nitrogen and oxygen atoms in total. The van der Waals surface area contributed by atoms with E-state index < -0.39 is 0 Å². The molecule has 1 heterocycles. The van der Waals surface area contributed by atoms with Crippen LogP contribution in [0.5, 0.6) is 0 Å². The van der Waals surface area contributed by atoms with Crippen LogP contribution in [-0.2, 0) is 4.79 Å². The van der Waals surface area contributed by atoms with Crippen LogP contribution in [0.1, 0.15) is 50.8 Å². The normalized spacial score (nSPS) is 20.2. The van der Waals surface area contributed by atoms with E-state index in [1.165, 1.54) is 21.9 Å². The van der Waals surface area contributed by atoms with E-state index in [4.69, 9.17) is 0 Å². The monoisotopic (exact) mass is 414 g/mol. The number of nitrogens with one attached hydrogen (secondary N) is 1. The molecule has 162 valence electrons. The van der Waals surface area contributed by atoms with Crippen molar-refractivity contribution in [1.82, 2.24) is 10.2 Å². The molecule has 0 saturated carbocycles. The molecule has 0 radical (unpaired) electrons. The summed E-state index contributed by atoms with van der Waals surface area (Å²) in [6, 6.07) is 26.0. The van der Waals surface area contributed by atoms with Gasteiger partial charge < -0.3 is 10.2 Å². The van der Waals surface area contributed by atoms with E-state index in [-0.39, 0.29) is 17.4 Å². The van der Waals surface area contributed by atoms with Crippen LogP contribution in [-0.4, -0.2) is 30.4 Å². The average Bonchev–Trinajstić information content (AvgIpc) is 3.20. The van der Waals surface area contributed by atoms with E-state index in [0.29, 0.717) is 11.8 Å². The van der Waals surface area contributed by atoms with Gasteiger partial charge in [-0.05, 0) is 34.7 Å². The van der Waals surface area contributed by atoms with Crippen LogP contribution in [0, 0.1) is 11.3 Å². The molecule has 3 aromatic carbocycles. The molecule has 1 N–H and O–H groups in total. The fourth-order valence-corrected chi connectivity index (χ4v) is 4.86. The Morgan fingerprint density at radius 2 is 1.65 bits per heavy atom. The zero-order valence-corrected chi connectivity index (χ0v) is 19.1. The number of amides is 1. The first-order valence-electron chi connectivity index (χ1n) is 11.4. The maximum atomic E-state index is 13.0. The van der Waals surface area contributed by atoms with Crippen molar-refractivity contribution in [2.24, 2.45) is 11.3 Å². The summed E-state index contributed by atoms with van der Waals surface area (Å²) in [7, 11) is 0. The average molecular weight is 415 g/mol. The van der Waals surface area contributed by atoms with E-state index >= 15 is 0 Å². The van der Waals surface area contributed by atoms with Crippen molar-refractivity contribution in [3.05, 3.63) is 83.9 Å². The minimum absolute atomic E-state index is 0.245. The van der Waals surface area contributed by atoms with Crippen molar-refractivity contribution in [2.45, 2.75) is 39.7 Å². The third-order valence-corrected chi connectivity index (χ3v) is 6.57. The molecule has 0 aromatic heterocycles. The van der Waals surface area contributed by atoms with Crippen molar-refractivity contribution in [1.29, 1.82) is 0 Å². The molecule has 0 spiro atoms. The van der Waals surface area contributed by atoms with Gasteiger partial charge in [-0.2, -0.15) is 0 Å². The maximum absolute atomic E-state index is 13.0. The number of likely N-dealkylation sites (tertiary alicyclic amines) is 1. The molecule has 3 aromatic rings. The summed E-state index contributed by atoms with van der Waals surface area (Å²) in [5, 5.41) is 6.38. The molecule has 0 bridgehead atoms. The Morgan fingerprint density at radius 3 is 2.39 bits per heavy atom. The molecule has 4 rings (SSSR count). The van der Waals surface area contributed by atoms with Gasteiger partial charge in [-0.1, -0.05) is 93.6 Å². The highest BCUT2D eigenvalue weighted by atomic mass is 16.2. The number of carbonyl (C=O) groups is 1. The third kappa shape index (κ3) is 4.67. The summed E-state index contributed by atoms with van der Waals surface area (Å²) in [4.78, 5) is 15.1. The molecular formula is C28H34N2O. The first-order chi connectivity index (χ1) is 14.8. The summed E-state index contributed by atoms with van der Waals surface area (Å²) in [6.07, 6.45) is 0. The number of hydrogen-bond donors (Lipinski definition) is 1. The first-order valence-corrected chi connectivity index (χ1v) is 11.4. The second-order valence-electron chi connectivity index (χ2n) is 9.94. The van der Waals surface area contributed by atoms with E-state index in [0.717, 1.165) is 19.6 Å². The summed E-state index contributed by atoms with van der Waals surface area (Å²) < 4.78 is 0. The maximum Gasteiger partial charge on any atom is 0.227 e. The SMILES string of the molecule is C[C@@H](NCC1CN(C(=O)C(C)(C)C)CC1c1ccccc1)c1cccc2ccccc12. The van der Waals surface area contributed by atoms with Crippen molar-refractivity contribution >= 4 is 16.7 Å². The highest BCUT2D eigenvalue weighted by molar-refractivity contribution is 5.86. The lowest BCUT2D eigenvalue weighted by Crippen LogP contribution is -2.38. The van der Waals surface area contributed by atoms with Gasteiger partial charge in [0.25, 0.3) is 0 Å². The van der Waals surface area contributed by atoms with Crippen LogP contribution in [0.2, 0.25) is 0 Å². The molecule has 1 fully saturated rings. The predicted molar refractivity (Wildman–Crippen MR) is 129 cm³/mol. The predicted octanol–water partition coefficient (Wildman–Crippen LogP) is 5.78. The summed E-state index contributed by atoms with van der Waals surface area (Å²) in [5.41, 5.74) is 2.31. The molecular weight excluding hydrogens is 380 g/mol. The van der Waals surface area contributed by atoms with Crippen LogP contribution in [0.15, 0.2) is 72.8 Å². The number of rotatable bonds is 5. The largest absolute Gasteiger partial charge is 0.341 e. The van der Waals surface area contributed by atoms with Gasteiger partial charge in [-0.25, -0.2) is 0 Å². The lowest BCUT2D eigenvalue weighted by molar-refractivity contribution is -0.138. The molecule has 1 aliphatic heterocycles. The second kappa shape index (κ2) is 8.84. The Balaban J connectivity index is 1.52. The summed E-state index contributed by atoms with van der Waals surface area (Å²) in [6.45, 7) is 10.8. The van der Waals surface area contributed by atoms with Gasteiger partial charge in [0, 0.05) is 37.0 Å². The molecule has 1 aliphatic rings. The quantitative estimate of drug-likeness (QED) is 0.574. The molecule has 1 saturated heterocycles. The van der Waals surface area contributed by atoms with E-state index in [2.05, 4.69) is 89.9 Å². The third-order valence-electron chi connectivity index (χ3n) is 6.57. The van der Waals surface area contributed by atoms with Gasteiger partial charge in [0.2, 0.25) is 5.91 Å². The molecule has 3 heteroatoms. The van der Waals surface area contributed by atoms with Gasteiger partial charge in [0.1, 0.15) is 0 Å². The fourth-order valence-electron chi connectivity index (χ4n) is 4.86. The number of nitrogens with zero attached hydrogens (tertiary/aromatic N) is 1. The zero-order chi connectivity index (χ0) is 22.0. The summed E-state index contributed by atoms with van der Waals surface area (Å²) in [5.74, 6) is 1.00. The number of fused-ring (bicyclic) bond motifs is 1. The van der Waals surface area contributed by atoms with Crippen molar-refractivity contribution in [3.63, 3.8) is 0 Å². The zero-order valence-electron chi connectivity index (χ0n) is 19.1. The fraction of sp³-hybridized carbons (Fsp3) is 0.393. The number of carbonyl (C=O) groups excluding carboxylic acids is 1. The first kappa shape index (κ1) is 21.6. The van der Waals surface area contributed by atoms with Crippen LogP contribution < -0.4 is 5.32 Å². The van der Waals surface area contributed by atoms with Gasteiger partial charge >= 0.3 is 0 Å². The van der Waals surface area contributed by atoms with E-state index in [1.54, 1.807) is 0 Å². The van der Waals surface area contributed by atoms with Gasteiger partial charge in [0.05, 0.1) is 0 Å². The van der Waals surface area contributed by atoms with Crippen LogP contribution in [0.3, 0.4) is 0 Å². The molecule has 3 atom stereocenters. The second-order valence-corrected chi connectivity index (χ2v) is 9.94. The highest BCUT2D eigenvalue weighted by Crippen LogP contribution is 2.35. The van der Waals surface area contributed by atoms with Gasteiger partial charge in [-0.3, -0.25) is 4.79 Å². The van der Waals surface area contributed by atoms with Crippen LogP contribution in [0.25, 0.3) is 10.8 Å².